The summed E-state index contributed by atoms with van der Waals surface area (Å²) < 4.78 is 13.5. The molecule has 1 aliphatic rings. The number of carbonyl (C=O) groups excluding carboxylic acids is 2. The molecule has 6 nitrogen and oxygen atoms in total. The maximum absolute atomic E-state index is 13.5. The van der Waals surface area contributed by atoms with Gasteiger partial charge in [0.05, 0.1) is 5.56 Å². The molecule has 1 saturated heterocycles. The van der Waals surface area contributed by atoms with Gasteiger partial charge >= 0.3 is 0 Å². The van der Waals surface area contributed by atoms with Crippen molar-refractivity contribution in [1.29, 1.82) is 0 Å². The number of piperazine rings is 1. The average Bonchev–Trinajstić information content (AvgIpc) is 2.56. The molecule has 0 atom stereocenters. The molecule has 0 unspecified atom stereocenters. The standard InChI is InChI=1S/C16H23FN4O2/c17-14-4-2-1-3-13(14)16(23)19-7-8-20-9-11-21(12-10-20)15(22)5-6-18/h1-4H,5-12,18H2,(H,19,23). The van der Waals surface area contributed by atoms with Gasteiger partial charge in [0.15, 0.2) is 0 Å². The number of amides is 2. The van der Waals surface area contributed by atoms with Gasteiger partial charge in [0.25, 0.3) is 5.91 Å². The third-order valence-electron chi connectivity index (χ3n) is 3.92. The smallest absolute Gasteiger partial charge is 0.254 e. The summed E-state index contributed by atoms with van der Waals surface area (Å²) in [7, 11) is 0. The molecule has 1 aromatic rings. The van der Waals surface area contributed by atoms with Gasteiger partial charge in [-0.05, 0) is 12.1 Å². The topological polar surface area (TPSA) is 78.7 Å². The van der Waals surface area contributed by atoms with E-state index in [0.29, 0.717) is 39.1 Å². The van der Waals surface area contributed by atoms with Gasteiger partial charge in [-0.2, -0.15) is 0 Å². The fourth-order valence-corrected chi connectivity index (χ4v) is 2.57. The van der Waals surface area contributed by atoms with Crippen LogP contribution in [0.25, 0.3) is 0 Å². The Morgan fingerprint density at radius 2 is 1.87 bits per heavy atom. The molecule has 0 aromatic heterocycles. The Kier molecular flexibility index (Phi) is 6.49. The lowest BCUT2D eigenvalue weighted by atomic mass is 10.2. The molecule has 3 N–H and O–H groups in total. The second-order valence-electron chi connectivity index (χ2n) is 5.50. The lowest BCUT2D eigenvalue weighted by Crippen LogP contribution is -2.50. The molecule has 1 aromatic carbocycles. The van der Waals surface area contributed by atoms with Crippen molar-refractivity contribution in [1.82, 2.24) is 15.1 Å². The van der Waals surface area contributed by atoms with E-state index in [1.165, 1.54) is 12.1 Å². The molecule has 1 fully saturated rings. The van der Waals surface area contributed by atoms with E-state index in [1.54, 1.807) is 12.1 Å². The highest BCUT2D eigenvalue weighted by Crippen LogP contribution is 2.06. The second kappa shape index (κ2) is 8.59. The Morgan fingerprint density at radius 3 is 2.52 bits per heavy atom. The average molecular weight is 322 g/mol. The van der Waals surface area contributed by atoms with Gasteiger partial charge in [-0.3, -0.25) is 14.5 Å². The van der Waals surface area contributed by atoms with Crippen LogP contribution in [-0.4, -0.2) is 67.4 Å². The minimum atomic E-state index is -0.517. The molecule has 0 spiro atoms. The monoisotopic (exact) mass is 322 g/mol. The van der Waals surface area contributed by atoms with E-state index in [2.05, 4.69) is 10.2 Å². The van der Waals surface area contributed by atoms with Crippen LogP contribution in [0.2, 0.25) is 0 Å². The molecule has 0 aliphatic carbocycles. The molecule has 126 valence electrons. The number of hydrogen-bond acceptors (Lipinski definition) is 4. The lowest BCUT2D eigenvalue weighted by molar-refractivity contribution is -0.132. The van der Waals surface area contributed by atoms with Crippen LogP contribution in [0.5, 0.6) is 0 Å². The van der Waals surface area contributed by atoms with Gasteiger partial charge in [-0.15, -0.1) is 0 Å². The van der Waals surface area contributed by atoms with Crippen molar-refractivity contribution in [3.8, 4) is 0 Å². The van der Waals surface area contributed by atoms with E-state index in [1.807, 2.05) is 4.90 Å². The molecule has 0 radical (unpaired) electrons. The minimum Gasteiger partial charge on any atom is -0.351 e. The Labute approximate surface area is 135 Å². The zero-order valence-corrected chi connectivity index (χ0v) is 13.1. The third-order valence-corrected chi connectivity index (χ3v) is 3.92. The van der Waals surface area contributed by atoms with E-state index >= 15 is 0 Å². The third kappa shape index (κ3) is 5.01. The molecule has 2 rings (SSSR count). The van der Waals surface area contributed by atoms with Gasteiger partial charge in [0, 0.05) is 52.2 Å². The summed E-state index contributed by atoms with van der Waals surface area (Å²) in [6.45, 7) is 4.40. The molecular formula is C16H23FN4O2. The number of nitrogens with zero attached hydrogens (tertiary/aromatic N) is 2. The first kappa shape index (κ1) is 17.4. The van der Waals surface area contributed by atoms with Crippen LogP contribution in [0.15, 0.2) is 24.3 Å². The number of nitrogens with one attached hydrogen (secondary N) is 1. The van der Waals surface area contributed by atoms with Crippen LogP contribution in [0, 0.1) is 5.82 Å². The Bertz CT molecular complexity index is 545. The van der Waals surface area contributed by atoms with Crippen LogP contribution in [0.4, 0.5) is 4.39 Å². The highest BCUT2D eigenvalue weighted by atomic mass is 19.1. The van der Waals surface area contributed by atoms with Gasteiger partial charge < -0.3 is 16.0 Å². The van der Waals surface area contributed by atoms with Crippen molar-refractivity contribution in [2.24, 2.45) is 5.73 Å². The van der Waals surface area contributed by atoms with Crippen LogP contribution in [-0.2, 0) is 4.79 Å². The molecule has 0 saturated carbocycles. The SMILES string of the molecule is NCCC(=O)N1CCN(CCNC(=O)c2ccccc2F)CC1. The van der Waals surface area contributed by atoms with Crippen molar-refractivity contribution in [3.63, 3.8) is 0 Å². The summed E-state index contributed by atoms with van der Waals surface area (Å²) in [5.74, 6) is -0.822. The van der Waals surface area contributed by atoms with Crippen LogP contribution in [0.1, 0.15) is 16.8 Å². The normalized spacial score (nSPS) is 15.5. The molecule has 7 heteroatoms. The summed E-state index contributed by atoms with van der Waals surface area (Å²) >= 11 is 0. The first-order chi connectivity index (χ1) is 11.1. The molecule has 23 heavy (non-hydrogen) atoms. The summed E-state index contributed by atoms with van der Waals surface area (Å²) in [6, 6.07) is 5.92. The summed E-state index contributed by atoms with van der Waals surface area (Å²) in [5, 5.41) is 2.72. The van der Waals surface area contributed by atoms with Gasteiger partial charge in [0.1, 0.15) is 5.82 Å². The highest BCUT2D eigenvalue weighted by Gasteiger charge is 2.20. The fourth-order valence-electron chi connectivity index (χ4n) is 2.57. The maximum atomic E-state index is 13.5. The van der Waals surface area contributed by atoms with Crippen molar-refractivity contribution in [2.45, 2.75) is 6.42 Å². The summed E-state index contributed by atoms with van der Waals surface area (Å²) in [4.78, 5) is 27.6. The van der Waals surface area contributed by atoms with Gasteiger partial charge in [-0.1, -0.05) is 12.1 Å². The molecular weight excluding hydrogens is 299 g/mol. The Morgan fingerprint density at radius 1 is 1.17 bits per heavy atom. The number of carbonyl (C=O) groups is 2. The minimum absolute atomic E-state index is 0.0599. The molecule has 2 amide bonds. The Hall–Kier alpha value is -1.99. The van der Waals surface area contributed by atoms with E-state index in [0.717, 1.165) is 13.1 Å². The quantitative estimate of drug-likeness (QED) is 0.776. The highest BCUT2D eigenvalue weighted by molar-refractivity contribution is 5.94. The first-order valence-corrected chi connectivity index (χ1v) is 7.84. The number of nitrogens with two attached hydrogens (primary N) is 1. The fraction of sp³-hybridized carbons (Fsp3) is 0.500. The summed E-state index contributed by atoms with van der Waals surface area (Å²) in [6.07, 6.45) is 0.388. The van der Waals surface area contributed by atoms with Crippen LogP contribution < -0.4 is 11.1 Å². The predicted octanol–water partition coefficient (Wildman–Crippen LogP) is 0.0485. The van der Waals surface area contributed by atoms with Gasteiger partial charge in [0.2, 0.25) is 5.91 Å². The number of halogens is 1. The summed E-state index contributed by atoms with van der Waals surface area (Å²) in [5.41, 5.74) is 5.45. The van der Waals surface area contributed by atoms with Crippen molar-refractivity contribution in [3.05, 3.63) is 35.6 Å². The zero-order valence-electron chi connectivity index (χ0n) is 13.1. The van der Waals surface area contributed by atoms with Crippen LogP contribution >= 0.6 is 0 Å². The maximum Gasteiger partial charge on any atom is 0.254 e. The predicted molar refractivity (Wildman–Crippen MR) is 85.4 cm³/mol. The number of rotatable bonds is 6. The van der Waals surface area contributed by atoms with E-state index in [4.69, 9.17) is 5.73 Å². The second-order valence-corrected chi connectivity index (χ2v) is 5.50. The Balaban J connectivity index is 1.69. The van der Waals surface area contributed by atoms with Gasteiger partial charge in [-0.25, -0.2) is 4.39 Å². The van der Waals surface area contributed by atoms with Crippen molar-refractivity contribution < 1.29 is 14.0 Å². The van der Waals surface area contributed by atoms with Crippen LogP contribution in [0.3, 0.4) is 0 Å². The number of benzene rings is 1. The molecule has 1 aliphatic heterocycles. The zero-order chi connectivity index (χ0) is 16.7. The first-order valence-electron chi connectivity index (χ1n) is 7.84. The van der Waals surface area contributed by atoms with Crippen molar-refractivity contribution >= 4 is 11.8 Å². The van der Waals surface area contributed by atoms with E-state index in [-0.39, 0.29) is 11.5 Å². The van der Waals surface area contributed by atoms with E-state index in [9.17, 15) is 14.0 Å². The number of hydrogen-bond donors (Lipinski definition) is 2. The lowest BCUT2D eigenvalue weighted by Gasteiger charge is -2.34. The van der Waals surface area contributed by atoms with Crippen molar-refractivity contribution in [2.75, 3.05) is 45.8 Å². The molecule has 1 heterocycles. The van der Waals surface area contributed by atoms with E-state index < -0.39 is 11.7 Å². The largest absolute Gasteiger partial charge is 0.351 e. The molecule has 0 bridgehead atoms.